The first-order valence-electron chi connectivity index (χ1n) is 24.6. The Bertz CT molecular complexity index is 2580. The number of benzene rings is 1. The lowest BCUT2D eigenvalue weighted by molar-refractivity contribution is -0.155. The molecule has 2 N–H and O–H groups in total. The smallest absolute Gasteiger partial charge is 0.410 e. The van der Waals surface area contributed by atoms with Gasteiger partial charge in [0.2, 0.25) is 5.91 Å². The molecule has 1 saturated heterocycles. The Morgan fingerprint density at radius 2 is 1.76 bits per heavy atom. The average Bonchev–Trinajstić information content (AvgIpc) is 3.89. The first-order chi connectivity index (χ1) is 33.0. The molecule has 1 aromatic carbocycles. The Morgan fingerprint density at radius 3 is 2.41 bits per heavy atom. The maximum atomic E-state index is 14.7. The summed E-state index contributed by atoms with van der Waals surface area (Å²) in [4.78, 5) is 85.0. The number of fused-ring (bicyclic) bond motifs is 6. The molecule has 1 aliphatic carbocycles. The lowest BCUT2D eigenvalue weighted by atomic mass is 9.84. The van der Waals surface area contributed by atoms with Gasteiger partial charge in [0, 0.05) is 86.8 Å². The molecular formula is C52H73N9O8S. The number of methoxy groups -OCH3 is 1. The zero-order valence-electron chi connectivity index (χ0n) is 43.3. The number of ether oxygens (including phenoxy) is 3. The van der Waals surface area contributed by atoms with Crippen LogP contribution in [0.15, 0.2) is 41.9 Å². The summed E-state index contributed by atoms with van der Waals surface area (Å²) in [6, 6.07) is 6.59. The third-order valence-electron chi connectivity index (χ3n) is 14.0. The highest BCUT2D eigenvalue weighted by Crippen LogP contribution is 2.42. The lowest BCUT2D eigenvalue weighted by Crippen LogP contribution is -2.64. The Hall–Kier alpha value is -5.59. The van der Waals surface area contributed by atoms with Crippen molar-refractivity contribution >= 4 is 52.1 Å². The van der Waals surface area contributed by atoms with E-state index in [0.717, 1.165) is 44.7 Å². The van der Waals surface area contributed by atoms with Crippen molar-refractivity contribution in [3.05, 3.63) is 58.2 Å². The number of esters is 1. The van der Waals surface area contributed by atoms with E-state index < -0.39 is 59.0 Å². The van der Waals surface area contributed by atoms with Gasteiger partial charge in [0.15, 0.2) is 0 Å². The summed E-state index contributed by atoms with van der Waals surface area (Å²) in [6.45, 7) is 18.6. The fourth-order valence-corrected chi connectivity index (χ4v) is 10.9. The lowest BCUT2D eigenvalue weighted by Gasteiger charge is -2.48. The average molecular weight is 984 g/mol. The van der Waals surface area contributed by atoms with Crippen LogP contribution in [-0.4, -0.2) is 141 Å². The van der Waals surface area contributed by atoms with Crippen LogP contribution >= 0.6 is 11.3 Å². The van der Waals surface area contributed by atoms with Crippen molar-refractivity contribution in [2.24, 2.45) is 11.3 Å². The molecule has 5 heterocycles. The number of cyclic esters (lactones) is 1. The van der Waals surface area contributed by atoms with E-state index in [-0.39, 0.29) is 37.1 Å². The monoisotopic (exact) mass is 984 g/mol. The molecule has 0 spiro atoms. The van der Waals surface area contributed by atoms with Crippen molar-refractivity contribution in [3.63, 3.8) is 0 Å². The van der Waals surface area contributed by atoms with Gasteiger partial charge >= 0.3 is 18.1 Å². The van der Waals surface area contributed by atoms with Crippen LogP contribution in [0.3, 0.4) is 0 Å². The molecule has 5 amide bonds. The number of pyridine rings is 1. The summed E-state index contributed by atoms with van der Waals surface area (Å²) in [5.74, 6) is -1.75. The first-order valence-corrected chi connectivity index (χ1v) is 25.5. The summed E-state index contributed by atoms with van der Waals surface area (Å²) < 4.78 is 19.9. The number of nitrogens with zero attached hydrogens (tertiary/aromatic N) is 7. The van der Waals surface area contributed by atoms with Crippen molar-refractivity contribution < 1.29 is 38.2 Å². The van der Waals surface area contributed by atoms with E-state index in [2.05, 4.69) is 60.3 Å². The second-order valence-corrected chi connectivity index (χ2v) is 22.2. The first kappa shape index (κ1) is 52.2. The predicted molar refractivity (Wildman–Crippen MR) is 270 cm³/mol. The molecule has 18 heteroatoms. The standard InChI is InChI=1S/C52H73N9O8S/c1-14-60-39-20-19-32-25-34(39)35(45(60)33-17-15-23-53-43(33)31(4)67-13)27-52(8,9)29-68-48(64)36-18-16-24-61(56-36)47(63)37(26-42-54-38(32)28-70-42)55-46(62)44(30(2)3)59(12)49(65)57(10)40-21-22-41(40)58(11)50(66)69-51(5,6)7/h15,17,19-20,23,25,28,30-31,36-37,40-41,44,56H,14,16,18,21-22,24,26-27,29H2,1-13H3,(H,55,62)/t31-,36-,37-,40+,41+,44-/m0/s1. The largest absolute Gasteiger partial charge is 0.464 e. The Balaban J connectivity index is 1.22. The third-order valence-corrected chi connectivity index (χ3v) is 14.8. The Kier molecular flexibility index (Phi) is 15.7. The number of aryl methyl sites for hydroxylation is 1. The number of hydrogen-bond acceptors (Lipinski definition) is 12. The quantitative estimate of drug-likeness (QED) is 0.149. The molecule has 7 rings (SSSR count). The normalized spacial score (nSPS) is 21.5. The molecule has 3 aromatic heterocycles. The van der Waals surface area contributed by atoms with E-state index in [1.54, 1.807) is 44.2 Å². The van der Waals surface area contributed by atoms with Crippen LogP contribution in [0, 0.1) is 11.3 Å². The van der Waals surface area contributed by atoms with Gasteiger partial charge in [-0.2, -0.15) is 0 Å². The van der Waals surface area contributed by atoms with E-state index in [1.165, 1.54) is 21.2 Å². The Morgan fingerprint density at radius 1 is 1.04 bits per heavy atom. The molecule has 1 saturated carbocycles. The topological polar surface area (TPSA) is 181 Å². The molecule has 380 valence electrons. The van der Waals surface area contributed by atoms with E-state index in [0.29, 0.717) is 50.2 Å². The summed E-state index contributed by atoms with van der Waals surface area (Å²) in [7, 11) is 6.64. The number of aromatic nitrogens is 3. The predicted octanol–water partition coefficient (Wildman–Crippen LogP) is 7.61. The van der Waals surface area contributed by atoms with Crippen molar-refractivity contribution in [2.75, 3.05) is 41.4 Å². The van der Waals surface area contributed by atoms with E-state index in [1.807, 2.05) is 53.0 Å². The van der Waals surface area contributed by atoms with Gasteiger partial charge in [0.1, 0.15) is 23.7 Å². The highest BCUT2D eigenvalue weighted by molar-refractivity contribution is 7.10. The second kappa shape index (κ2) is 21.0. The van der Waals surface area contributed by atoms with Gasteiger partial charge in [-0.05, 0) is 102 Å². The summed E-state index contributed by atoms with van der Waals surface area (Å²) in [6.07, 6.45) is 4.06. The van der Waals surface area contributed by atoms with Crippen molar-refractivity contribution in [2.45, 2.75) is 149 Å². The minimum Gasteiger partial charge on any atom is -0.464 e. The van der Waals surface area contributed by atoms with Crippen molar-refractivity contribution in [1.82, 2.24) is 45.0 Å². The number of nitrogens with one attached hydrogen (secondary N) is 2. The van der Waals surface area contributed by atoms with Crippen molar-refractivity contribution in [1.29, 1.82) is 0 Å². The van der Waals surface area contributed by atoms with Crippen LogP contribution in [0.4, 0.5) is 9.59 Å². The molecule has 6 atom stereocenters. The van der Waals surface area contributed by atoms with Gasteiger partial charge in [-0.15, -0.1) is 11.3 Å². The summed E-state index contributed by atoms with van der Waals surface area (Å²) in [5, 5.41) is 8.10. The molecule has 0 unspecified atom stereocenters. The molecule has 6 bridgehead atoms. The second-order valence-electron chi connectivity index (χ2n) is 21.3. The number of carbonyl (C=O) groups excluding carboxylic acids is 5. The maximum Gasteiger partial charge on any atom is 0.410 e. The molecule has 3 aliphatic rings. The minimum absolute atomic E-state index is 0.0607. The maximum absolute atomic E-state index is 14.7. The number of hydrogen-bond donors (Lipinski definition) is 2. The fraction of sp³-hybridized carbons (Fsp3) is 0.596. The van der Waals surface area contributed by atoms with Gasteiger partial charge in [0.05, 0.1) is 46.9 Å². The van der Waals surface area contributed by atoms with Crippen molar-refractivity contribution in [3.8, 4) is 22.5 Å². The zero-order chi connectivity index (χ0) is 51.0. The molecule has 17 nitrogen and oxygen atoms in total. The van der Waals surface area contributed by atoms with Crippen LogP contribution in [0.2, 0.25) is 0 Å². The molecule has 2 fully saturated rings. The van der Waals surface area contributed by atoms with Gasteiger partial charge < -0.3 is 38.8 Å². The van der Waals surface area contributed by atoms with Gasteiger partial charge in [0.25, 0.3) is 5.91 Å². The fourth-order valence-electron chi connectivity index (χ4n) is 10.1. The van der Waals surface area contributed by atoms with E-state index >= 15 is 0 Å². The number of likely N-dealkylation sites (N-methyl/N-ethyl adjacent to an activating group) is 3. The highest BCUT2D eigenvalue weighted by atomic mass is 32.1. The number of rotatable bonds is 10. The molecule has 0 radical (unpaired) electrons. The molecule has 4 aromatic rings. The molecule has 2 aliphatic heterocycles. The van der Waals surface area contributed by atoms with Crippen LogP contribution in [-0.2, 0) is 48.0 Å². The number of urea groups is 1. The molecular weight excluding hydrogens is 911 g/mol. The summed E-state index contributed by atoms with van der Waals surface area (Å²) in [5.41, 5.74) is 8.56. The number of amides is 5. The Labute approximate surface area is 416 Å². The summed E-state index contributed by atoms with van der Waals surface area (Å²) >= 11 is 1.40. The number of thiazole rings is 1. The van der Waals surface area contributed by atoms with Crippen LogP contribution in [0.25, 0.3) is 33.4 Å². The van der Waals surface area contributed by atoms with Crippen LogP contribution in [0.1, 0.15) is 110 Å². The third kappa shape index (κ3) is 11.0. The minimum atomic E-state index is -1.11. The highest BCUT2D eigenvalue weighted by Gasteiger charge is 2.44. The zero-order valence-corrected chi connectivity index (χ0v) is 44.1. The van der Waals surface area contributed by atoms with Gasteiger partial charge in [-0.1, -0.05) is 33.8 Å². The van der Waals surface area contributed by atoms with Gasteiger partial charge in [-0.25, -0.2) is 20.0 Å². The van der Waals surface area contributed by atoms with Crippen LogP contribution in [0.5, 0.6) is 0 Å². The number of hydrazine groups is 1. The molecule has 70 heavy (non-hydrogen) atoms. The van der Waals surface area contributed by atoms with Crippen LogP contribution < -0.4 is 10.7 Å². The SMILES string of the molecule is CCn1c(-c2cccnc2[C@H](C)OC)c2c3cc(ccc31)-c1csc(n1)C[C@H](NC(=O)[C@H](C(C)C)N(C)C(=O)N(C)[C@@H]1CC[C@H]1N(C)C(=O)OC(C)(C)C)C(=O)N1CCC[C@H](N1)C(=O)OCC(C)(C)C2. The number of carbonyl (C=O) groups is 5. The van der Waals surface area contributed by atoms with E-state index in [9.17, 15) is 24.0 Å². The van der Waals surface area contributed by atoms with E-state index in [4.69, 9.17) is 24.2 Å². The van der Waals surface area contributed by atoms with Gasteiger partial charge in [-0.3, -0.25) is 24.4 Å².